The van der Waals surface area contributed by atoms with E-state index in [1.807, 2.05) is 26.1 Å². The van der Waals surface area contributed by atoms with Crippen molar-refractivity contribution in [1.29, 1.82) is 0 Å². The number of aromatic nitrogens is 2. The Morgan fingerprint density at radius 1 is 0.583 bits per heavy atom. The molecule has 1 fully saturated rings. The van der Waals surface area contributed by atoms with E-state index >= 15 is 0 Å². The second-order valence-electron chi connectivity index (χ2n) is 21.7. The maximum atomic E-state index is 9.66. The Labute approximate surface area is 440 Å². The van der Waals surface area contributed by atoms with Crippen LogP contribution < -0.4 is 13.7 Å². The third kappa shape index (κ3) is 7.76. The fraction of sp³-hybridized carbons (Fsp3) is 0.182. The van der Waals surface area contributed by atoms with Crippen molar-refractivity contribution >= 4 is 44.6 Å². The molecular weight excluding hydrogens is 1060 g/mol. The van der Waals surface area contributed by atoms with Gasteiger partial charge >= 0.3 is 0 Å². The molecular formula is C66H59N4OPt-. The van der Waals surface area contributed by atoms with Gasteiger partial charge in [-0.1, -0.05) is 188 Å². The fourth-order valence-electron chi connectivity index (χ4n) is 11.2. The molecule has 3 aliphatic rings. The summed E-state index contributed by atoms with van der Waals surface area (Å²) in [5.41, 5.74) is 16.5. The third-order valence-corrected chi connectivity index (χ3v) is 14.8. The SMILES string of the molecule is [2H]C(C)(C)c1cccc2c1[N@@+]1(c3c(-c4ccccc4)cccc3-c3ccccc3)[CH-][N@+]2(c2[c-]c(Oc3[c-]c4c(cc3)c3cc(-c5ccccc5)ccc3n4-c3cc(C(C)(C)C)ccn3)cc(C(C)(C)C)c2)C1.[Pt]. The number of hydrogen-bond acceptors (Lipinski definition) is 2. The molecule has 0 amide bonds. The first-order valence-corrected chi connectivity index (χ1v) is 24.8. The van der Waals surface area contributed by atoms with E-state index in [9.17, 15) is 1.37 Å². The Bertz CT molecular complexity index is 3670. The van der Waals surface area contributed by atoms with Crippen LogP contribution in [0.5, 0.6) is 11.5 Å². The monoisotopic (exact) mass is 1120 g/mol. The maximum Gasteiger partial charge on any atom is 0.184 e. The molecule has 1 saturated heterocycles. The van der Waals surface area contributed by atoms with Gasteiger partial charge in [0.2, 0.25) is 0 Å². The van der Waals surface area contributed by atoms with Crippen LogP contribution in [0.2, 0.25) is 0 Å². The summed E-state index contributed by atoms with van der Waals surface area (Å²) < 4.78 is 19.9. The molecule has 2 atom stereocenters. The molecule has 0 radical (unpaired) electrons. The van der Waals surface area contributed by atoms with E-state index < -0.39 is 5.89 Å². The van der Waals surface area contributed by atoms with Crippen molar-refractivity contribution in [2.24, 2.45) is 0 Å². The fourth-order valence-corrected chi connectivity index (χ4v) is 11.2. The van der Waals surface area contributed by atoms with Crippen molar-refractivity contribution in [3.63, 3.8) is 0 Å². The van der Waals surface area contributed by atoms with Crippen LogP contribution in [0.15, 0.2) is 188 Å². The Hall–Kier alpha value is -6.88. The van der Waals surface area contributed by atoms with Crippen molar-refractivity contribution in [3.05, 3.63) is 224 Å². The number of rotatable bonds is 9. The van der Waals surface area contributed by atoms with Crippen LogP contribution in [0.1, 0.15) is 79.3 Å². The van der Waals surface area contributed by atoms with Gasteiger partial charge in [-0.05, 0) is 80.3 Å². The van der Waals surface area contributed by atoms with Crippen LogP contribution >= 0.6 is 0 Å². The van der Waals surface area contributed by atoms with E-state index in [0.717, 1.165) is 72.5 Å². The molecule has 0 aliphatic carbocycles. The summed E-state index contributed by atoms with van der Waals surface area (Å²) in [6, 6.07) is 72.7. The molecule has 6 heteroatoms. The molecule has 0 saturated carbocycles. The van der Waals surface area contributed by atoms with Gasteiger partial charge in [-0.15, -0.1) is 35.2 Å². The molecule has 8 aromatic carbocycles. The summed E-state index contributed by atoms with van der Waals surface area (Å²) in [6.07, 6.45) is 1.92. The van der Waals surface area contributed by atoms with Gasteiger partial charge in [0.25, 0.3) is 0 Å². The molecule has 0 N–H and O–H groups in total. The van der Waals surface area contributed by atoms with Crippen molar-refractivity contribution in [3.8, 4) is 50.7 Å². The zero-order valence-corrected chi connectivity index (χ0v) is 44.5. The first kappa shape index (κ1) is 46.2. The van der Waals surface area contributed by atoms with E-state index in [-0.39, 0.29) is 31.9 Å². The molecule has 72 heavy (non-hydrogen) atoms. The molecule has 5 nitrogen and oxygen atoms in total. The maximum absolute atomic E-state index is 9.66. The minimum atomic E-state index is -0.878. The van der Waals surface area contributed by atoms with Gasteiger partial charge in [0, 0.05) is 74.1 Å². The van der Waals surface area contributed by atoms with Crippen LogP contribution in [0.4, 0.5) is 22.7 Å². The molecule has 0 spiro atoms. The molecule has 3 aliphatic heterocycles. The Kier molecular flexibility index (Phi) is 11.4. The van der Waals surface area contributed by atoms with E-state index in [0.29, 0.717) is 27.1 Å². The normalized spacial score (nSPS) is 17.5. The second kappa shape index (κ2) is 17.7. The molecule has 13 rings (SSSR count). The average molecular weight is 1120 g/mol. The van der Waals surface area contributed by atoms with Crippen molar-refractivity contribution in [1.82, 2.24) is 18.5 Å². The largest absolute Gasteiger partial charge is 0.509 e. The summed E-state index contributed by atoms with van der Waals surface area (Å²) in [5, 5.41) is 2.19. The first-order chi connectivity index (χ1) is 34.5. The standard InChI is InChI=1S/C66H59N4O.Pt/c1-44(2)54-26-19-29-61-64(54)70(63-55(46-22-14-10-15-23-46)27-18-28-56(63)47-24-16-11-17-25-47)42-69(61,43-70)51-37-50(66(6,7)8)38-53(40-51)71-52-31-32-57-58-36-48(45-20-12-9-13-21-45)30-33-59(58)68(60(57)41-52)62-39-49(34-35-67-62)65(3,4)5;/h9-39,42,44H,43H2,1-8H3;/q-1;/t69-,70+;/m1./s1/i44D;. The van der Waals surface area contributed by atoms with Crippen LogP contribution in [-0.4, -0.2) is 16.2 Å². The molecule has 5 heterocycles. The number of nitrogens with zero attached hydrogens (tertiary/aromatic N) is 4. The quantitative estimate of drug-likeness (QED) is 0.106. The zero-order chi connectivity index (χ0) is 49.8. The average Bonchev–Trinajstić information content (AvgIpc) is 3.97. The van der Waals surface area contributed by atoms with Gasteiger partial charge in [-0.25, -0.2) is 4.98 Å². The zero-order valence-electron chi connectivity index (χ0n) is 43.2. The Balaban J connectivity index is 0.00000574. The molecule has 0 unspecified atom stereocenters. The number of benzene rings is 8. The summed E-state index contributed by atoms with van der Waals surface area (Å²) in [5.74, 6) is 1.18. The first-order valence-electron chi connectivity index (χ1n) is 25.3. The van der Waals surface area contributed by atoms with Gasteiger partial charge < -0.3 is 13.8 Å². The van der Waals surface area contributed by atoms with E-state index in [1.54, 1.807) is 0 Å². The minimum absolute atomic E-state index is 0. The van der Waals surface area contributed by atoms with E-state index in [1.165, 1.54) is 27.9 Å². The number of hydrogen-bond donors (Lipinski definition) is 0. The molecule has 360 valence electrons. The predicted molar refractivity (Wildman–Crippen MR) is 296 cm³/mol. The second-order valence-corrected chi connectivity index (χ2v) is 21.7. The van der Waals surface area contributed by atoms with Crippen LogP contribution in [0.25, 0.3) is 61.0 Å². The smallest absolute Gasteiger partial charge is 0.184 e. The van der Waals surface area contributed by atoms with Crippen molar-refractivity contribution in [2.75, 3.05) is 6.67 Å². The molecule has 2 aromatic heterocycles. The van der Waals surface area contributed by atoms with E-state index in [4.69, 9.17) is 9.72 Å². The summed E-state index contributed by atoms with van der Waals surface area (Å²) in [4.78, 5) is 4.99. The molecule has 2 bridgehead atoms. The van der Waals surface area contributed by atoms with Gasteiger partial charge in [0.05, 0.1) is 6.67 Å². The summed E-state index contributed by atoms with van der Waals surface area (Å²) in [6.45, 7) is 20.7. The van der Waals surface area contributed by atoms with Crippen molar-refractivity contribution < 1.29 is 27.2 Å². The van der Waals surface area contributed by atoms with Gasteiger partial charge in [0.1, 0.15) is 11.5 Å². The Morgan fingerprint density at radius 3 is 1.83 bits per heavy atom. The summed E-state index contributed by atoms with van der Waals surface area (Å²) in [7, 11) is 0. The van der Waals surface area contributed by atoms with Gasteiger partial charge in [-0.3, -0.25) is 4.48 Å². The third-order valence-electron chi connectivity index (χ3n) is 14.8. The minimum Gasteiger partial charge on any atom is -0.509 e. The number of quaternary nitrogens is 2. The van der Waals surface area contributed by atoms with Crippen LogP contribution in [0.3, 0.4) is 0 Å². The van der Waals surface area contributed by atoms with Crippen molar-refractivity contribution in [2.45, 2.75) is 72.1 Å². The predicted octanol–water partition coefficient (Wildman–Crippen LogP) is 17.7. The van der Waals surface area contributed by atoms with Gasteiger partial charge in [0.15, 0.2) is 18.0 Å². The Morgan fingerprint density at radius 2 is 1.21 bits per heavy atom. The summed E-state index contributed by atoms with van der Waals surface area (Å²) >= 11 is 0. The number of pyridine rings is 1. The van der Waals surface area contributed by atoms with Crippen LogP contribution in [0, 0.1) is 18.8 Å². The number of fused-ring (bicyclic) bond motifs is 3. The number of para-hydroxylation sites is 2. The van der Waals surface area contributed by atoms with Gasteiger partial charge in [-0.2, -0.15) is 6.07 Å². The van der Waals surface area contributed by atoms with E-state index in [2.05, 4.69) is 241 Å². The molecule has 10 aromatic rings. The van der Waals surface area contributed by atoms with Crippen LogP contribution in [-0.2, 0) is 31.9 Å². The topological polar surface area (TPSA) is 27.1 Å². The number of ether oxygens (including phenoxy) is 1.